The SMILES string of the molecule is COc1cc(NC(=O)C2CCN(c3c(C(=O)N4CCOCC4)cnc4snc(C)c34)CC2)cc(OC)c1. The van der Waals surface area contributed by atoms with Crippen LogP contribution in [-0.2, 0) is 9.53 Å². The van der Waals surface area contributed by atoms with Gasteiger partial charge in [0, 0.05) is 62.2 Å². The molecule has 4 heterocycles. The van der Waals surface area contributed by atoms with Crippen LogP contribution in [0.15, 0.2) is 24.4 Å². The summed E-state index contributed by atoms with van der Waals surface area (Å²) >= 11 is 1.34. The number of piperidine rings is 1. The van der Waals surface area contributed by atoms with E-state index in [0.29, 0.717) is 75.0 Å². The summed E-state index contributed by atoms with van der Waals surface area (Å²) in [6.07, 6.45) is 3.01. The molecule has 2 aliphatic heterocycles. The summed E-state index contributed by atoms with van der Waals surface area (Å²) in [5.41, 5.74) is 2.97. The van der Waals surface area contributed by atoms with Crippen molar-refractivity contribution in [1.29, 1.82) is 0 Å². The van der Waals surface area contributed by atoms with E-state index in [1.54, 1.807) is 38.6 Å². The van der Waals surface area contributed by atoms with Crippen molar-refractivity contribution in [2.75, 3.05) is 63.8 Å². The maximum Gasteiger partial charge on any atom is 0.257 e. The van der Waals surface area contributed by atoms with Gasteiger partial charge in [0.2, 0.25) is 5.91 Å². The number of hydrogen-bond acceptors (Lipinski definition) is 9. The first-order chi connectivity index (χ1) is 18.0. The van der Waals surface area contributed by atoms with E-state index in [0.717, 1.165) is 21.6 Å². The Morgan fingerprint density at radius 2 is 1.73 bits per heavy atom. The van der Waals surface area contributed by atoms with Crippen LogP contribution in [0.2, 0.25) is 0 Å². The molecule has 196 valence electrons. The van der Waals surface area contributed by atoms with Crippen LogP contribution in [0.25, 0.3) is 10.2 Å². The number of methoxy groups -OCH3 is 2. The maximum atomic E-state index is 13.5. The molecule has 2 amide bonds. The Kier molecular flexibility index (Phi) is 7.43. The molecule has 3 aromatic rings. The van der Waals surface area contributed by atoms with Crippen molar-refractivity contribution >= 4 is 44.9 Å². The van der Waals surface area contributed by atoms with Gasteiger partial charge < -0.3 is 29.3 Å². The number of anilines is 2. The van der Waals surface area contributed by atoms with Gasteiger partial charge in [-0.2, -0.15) is 4.37 Å². The first-order valence-corrected chi connectivity index (χ1v) is 13.2. The fraction of sp³-hybridized carbons (Fsp3) is 0.462. The Bertz CT molecular complexity index is 1280. The van der Waals surface area contributed by atoms with Crippen molar-refractivity contribution < 1.29 is 23.8 Å². The minimum atomic E-state index is -0.147. The fourth-order valence-corrected chi connectivity index (χ4v) is 5.70. The van der Waals surface area contributed by atoms with Gasteiger partial charge in [-0.15, -0.1) is 0 Å². The Balaban J connectivity index is 1.35. The number of benzene rings is 1. The average molecular weight is 526 g/mol. The zero-order valence-corrected chi connectivity index (χ0v) is 22.1. The first-order valence-electron chi connectivity index (χ1n) is 12.4. The zero-order chi connectivity index (χ0) is 25.9. The Hall–Kier alpha value is -3.44. The van der Waals surface area contributed by atoms with Crippen molar-refractivity contribution in [2.24, 2.45) is 5.92 Å². The number of nitrogens with zero attached hydrogens (tertiary/aromatic N) is 4. The highest BCUT2D eigenvalue weighted by Gasteiger charge is 2.31. The van der Waals surface area contributed by atoms with Crippen LogP contribution in [0.5, 0.6) is 11.5 Å². The lowest BCUT2D eigenvalue weighted by Gasteiger charge is -2.35. The lowest BCUT2D eigenvalue weighted by Crippen LogP contribution is -2.42. The van der Waals surface area contributed by atoms with Gasteiger partial charge in [0.1, 0.15) is 16.3 Å². The largest absolute Gasteiger partial charge is 0.497 e. The smallest absolute Gasteiger partial charge is 0.257 e. The van der Waals surface area contributed by atoms with E-state index in [9.17, 15) is 9.59 Å². The molecule has 11 heteroatoms. The molecular formula is C26H31N5O5S. The standard InChI is InChI=1S/C26H31N5O5S/c1-16-22-23(21(15-27-25(22)37-29-16)26(33)31-8-10-36-11-9-31)30-6-4-17(5-7-30)24(32)28-18-12-19(34-2)14-20(13-18)35-3/h12-15,17H,4-11H2,1-3H3,(H,28,32). The Morgan fingerprint density at radius 1 is 1.05 bits per heavy atom. The average Bonchev–Trinajstić information content (AvgIpc) is 3.33. The number of hydrogen-bond donors (Lipinski definition) is 1. The molecular weight excluding hydrogens is 494 g/mol. The normalized spacial score (nSPS) is 16.6. The third kappa shape index (κ3) is 5.19. The lowest BCUT2D eigenvalue weighted by molar-refractivity contribution is -0.120. The molecule has 1 N–H and O–H groups in total. The van der Waals surface area contributed by atoms with Gasteiger partial charge in [0.05, 0.1) is 49.8 Å². The number of carbonyl (C=O) groups is 2. The van der Waals surface area contributed by atoms with E-state index in [1.165, 1.54) is 11.5 Å². The van der Waals surface area contributed by atoms with Gasteiger partial charge in [0.25, 0.3) is 5.91 Å². The predicted octanol–water partition coefficient (Wildman–Crippen LogP) is 3.34. The topological polar surface area (TPSA) is 106 Å². The highest BCUT2D eigenvalue weighted by molar-refractivity contribution is 7.13. The van der Waals surface area contributed by atoms with E-state index in [4.69, 9.17) is 14.2 Å². The summed E-state index contributed by atoms with van der Waals surface area (Å²) in [7, 11) is 3.16. The molecule has 0 saturated carbocycles. The van der Waals surface area contributed by atoms with Crippen molar-refractivity contribution in [3.63, 3.8) is 0 Å². The van der Waals surface area contributed by atoms with Crippen LogP contribution in [0, 0.1) is 12.8 Å². The molecule has 10 nitrogen and oxygen atoms in total. The van der Waals surface area contributed by atoms with E-state index in [-0.39, 0.29) is 17.7 Å². The Labute approximate surface area is 219 Å². The number of amides is 2. The van der Waals surface area contributed by atoms with E-state index in [1.807, 2.05) is 11.8 Å². The van der Waals surface area contributed by atoms with Gasteiger partial charge in [0.15, 0.2) is 0 Å². The lowest BCUT2D eigenvalue weighted by atomic mass is 9.94. The quantitative estimate of drug-likeness (QED) is 0.522. The van der Waals surface area contributed by atoms with Crippen molar-refractivity contribution in [3.05, 3.63) is 35.7 Å². The molecule has 2 saturated heterocycles. The van der Waals surface area contributed by atoms with Gasteiger partial charge in [-0.3, -0.25) is 9.59 Å². The van der Waals surface area contributed by atoms with Gasteiger partial charge >= 0.3 is 0 Å². The number of carbonyl (C=O) groups excluding carboxylic acids is 2. The zero-order valence-electron chi connectivity index (χ0n) is 21.3. The molecule has 0 unspecified atom stereocenters. The molecule has 0 bridgehead atoms. The van der Waals surface area contributed by atoms with Gasteiger partial charge in [-0.1, -0.05) is 0 Å². The first kappa shape index (κ1) is 25.2. The molecule has 0 radical (unpaired) electrons. The van der Waals surface area contributed by atoms with Crippen LogP contribution in [0.4, 0.5) is 11.4 Å². The third-order valence-corrected chi connectivity index (χ3v) is 7.82. The predicted molar refractivity (Wildman–Crippen MR) is 142 cm³/mol. The van der Waals surface area contributed by atoms with Crippen molar-refractivity contribution in [2.45, 2.75) is 19.8 Å². The number of aromatic nitrogens is 2. The second kappa shape index (κ2) is 10.9. The summed E-state index contributed by atoms with van der Waals surface area (Å²) in [6, 6.07) is 5.32. The number of nitrogens with one attached hydrogen (secondary N) is 1. The van der Waals surface area contributed by atoms with Crippen LogP contribution in [0.1, 0.15) is 28.9 Å². The summed E-state index contributed by atoms with van der Waals surface area (Å²) in [4.78, 5) is 36.1. The number of ether oxygens (including phenoxy) is 3. The molecule has 2 aromatic heterocycles. The summed E-state index contributed by atoms with van der Waals surface area (Å²) in [5, 5.41) is 3.94. The summed E-state index contributed by atoms with van der Waals surface area (Å²) < 4.78 is 20.6. The molecule has 0 atom stereocenters. The van der Waals surface area contributed by atoms with Gasteiger partial charge in [-0.25, -0.2) is 4.98 Å². The molecule has 1 aromatic carbocycles. The van der Waals surface area contributed by atoms with E-state index < -0.39 is 0 Å². The number of pyridine rings is 1. The summed E-state index contributed by atoms with van der Waals surface area (Å²) in [5.74, 6) is 1.01. The number of morpholine rings is 1. The third-order valence-electron chi connectivity index (χ3n) is 6.98. The summed E-state index contributed by atoms with van der Waals surface area (Å²) in [6.45, 7) is 5.46. The molecule has 2 fully saturated rings. The Morgan fingerprint density at radius 3 is 2.38 bits per heavy atom. The van der Waals surface area contributed by atoms with E-state index >= 15 is 0 Å². The fourth-order valence-electron chi connectivity index (χ4n) is 4.95. The minimum absolute atomic E-state index is 0.0344. The van der Waals surface area contributed by atoms with Gasteiger partial charge in [-0.05, 0) is 31.3 Å². The molecule has 0 spiro atoms. The number of rotatable bonds is 6. The van der Waals surface area contributed by atoms with Crippen LogP contribution in [0.3, 0.4) is 0 Å². The molecule has 2 aliphatic rings. The highest BCUT2D eigenvalue weighted by atomic mass is 32.1. The monoisotopic (exact) mass is 525 g/mol. The van der Waals surface area contributed by atoms with Crippen LogP contribution >= 0.6 is 11.5 Å². The second-order valence-corrected chi connectivity index (χ2v) is 9.98. The molecule has 37 heavy (non-hydrogen) atoms. The van der Waals surface area contributed by atoms with Crippen LogP contribution in [-0.4, -0.2) is 79.7 Å². The maximum absolute atomic E-state index is 13.5. The number of aryl methyl sites for hydroxylation is 1. The second-order valence-electron chi connectivity index (χ2n) is 9.23. The van der Waals surface area contributed by atoms with Crippen molar-refractivity contribution in [3.8, 4) is 11.5 Å². The van der Waals surface area contributed by atoms with E-state index in [2.05, 4.69) is 19.6 Å². The molecule has 0 aliphatic carbocycles. The van der Waals surface area contributed by atoms with Crippen LogP contribution < -0.4 is 19.7 Å². The number of fused-ring (bicyclic) bond motifs is 1. The van der Waals surface area contributed by atoms with Crippen molar-refractivity contribution in [1.82, 2.24) is 14.3 Å². The highest BCUT2D eigenvalue weighted by Crippen LogP contribution is 2.37. The minimum Gasteiger partial charge on any atom is -0.497 e. The molecule has 5 rings (SSSR count).